The molecule has 1 aliphatic rings. The number of carboxylic acids is 1. The third-order valence-electron chi connectivity index (χ3n) is 3.54. The Morgan fingerprint density at radius 1 is 1.60 bits per heavy atom. The highest BCUT2D eigenvalue weighted by Crippen LogP contribution is 2.29. The Balaban J connectivity index is 1.90. The molecule has 1 fully saturated rings. The van der Waals surface area contributed by atoms with E-state index in [9.17, 15) is 14.7 Å². The minimum Gasteiger partial charge on any atom is -0.481 e. The maximum Gasteiger partial charge on any atom is 0.317 e. The quantitative estimate of drug-likeness (QED) is 0.870. The first-order valence-corrected chi connectivity index (χ1v) is 8.07. The Kier molecular flexibility index (Phi) is 4.70. The van der Waals surface area contributed by atoms with Crippen LogP contribution >= 0.6 is 27.3 Å². The van der Waals surface area contributed by atoms with Crippen LogP contribution in [0.2, 0.25) is 0 Å². The number of thiophene rings is 1. The monoisotopic (exact) mass is 360 g/mol. The summed E-state index contributed by atoms with van der Waals surface area (Å²) in [6, 6.07) is 1.77. The van der Waals surface area contributed by atoms with E-state index in [-0.39, 0.29) is 12.6 Å². The molecule has 2 amide bonds. The van der Waals surface area contributed by atoms with Crippen LogP contribution in [0.25, 0.3) is 0 Å². The third kappa shape index (κ3) is 3.52. The highest BCUT2D eigenvalue weighted by atomic mass is 79.9. The standard InChI is InChI=1S/C13H17BrN2O3S/c1-13(11(17)18)3-2-4-16(8-13)12(19)15-6-10-5-9(14)7-20-10/h5,7H,2-4,6,8H2,1H3,(H,15,19)(H,17,18). The molecule has 1 aliphatic heterocycles. The topological polar surface area (TPSA) is 69.6 Å². The average molecular weight is 361 g/mol. The van der Waals surface area contributed by atoms with Gasteiger partial charge in [-0.1, -0.05) is 0 Å². The number of amides is 2. The van der Waals surface area contributed by atoms with Crippen molar-refractivity contribution in [3.63, 3.8) is 0 Å². The number of aliphatic carboxylic acids is 1. The first-order chi connectivity index (χ1) is 9.40. The minimum atomic E-state index is -0.836. The molecule has 2 heterocycles. The number of carboxylic acid groups (broad SMARTS) is 1. The van der Waals surface area contributed by atoms with Gasteiger partial charge in [0.25, 0.3) is 0 Å². The van der Waals surface area contributed by atoms with Crippen molar-refractivity contribution in [1.82, 2.24) is 10.2 Å². The Labute approximate surface area is 130 Å². The van der Waals surface area contributed by atoms with Gasteiger partial charge in [0.2, 0.25) is 0 Å². The molecule has 20 heavy (non-hydrogen) atoms. The molecular weight excluding hydrogens is 344 g/mol. The molecule has 0 saturated carbocycles. The average Bonchev–Trinajstić information content (AvgIpc) is 2.81. The van der Waals surface area contributed by atoms with Gasteiger partial charge in [0.1, 0.15) is 0 Å². The number of hydrogen-bond acceptors (Lipinski definition) is 3. The van der Waals surface area contributed by atoms with E-state index in [1.807, 2.05) is 11.4 Å². The second-order valence-electron chi connectivity index (χ2n) is 5.28. The molecule has 1 saturated heterocycles. The van der Waals surface area contributed by atoms with Crippen LogP contribution in [0.3, 0.4) is 0 Å². The van der Waals surface area contributed by atoms with Crippen molar-refractivity contribution in [2.24, 2.45) is 5.41 Å². The van der Waals surface area contributed by atoms with Crippen LogP contribution in [-0.2, 0) is 11.3 Å². The van der Waals surface area contributed by atoms with Gasteiger partial charge < -0.3 is 15.3 Å². The van der Waals surface area contributed by atoms with E-state index >= 15 is 0 Å². The normalized spacial score (nSPS) is 22.6. The molecular formula is C13H17BrN2O3S. The largest absolute Gasteiger partial charge is 0.481 e. The Bertz CT molecular complexity index is 519. The lowest BCUT2D eigenvalue weighted by atomic mass is 9.82. The molecule has 0 aromatic carbocycles. The number of urea groups is 1. The summed E-state index contributed by atoms with van der Waals surface area (Å²) in [4.78, 5) is 26.0. The summed E-state index contributed by atoms with van der Waals surface area (Å²) in [6.45, 7) is 3.05. The van der Waals surface area contributed by atoms with Gasteiger partial charge in [-0.3, -0.25) is 4.79 Å². The SMILES string of the molecule is CC1(C(=O)O)CCCN(C(=O)NCc2cc(Br)cs2)C1. The number of nitrogens with one attached hydrogen (secondary N) is 1. The summed E-state index contributed by atoms with van der Waals surface area (Å²) in [5.41, 5.74) is -0.832. The van der Waals surface area contributed by atoms with Gasteiger partial charge in [0.15, 0.2) is 0 Å². The summed E-state index contributed by atoms with van der Waals surface area (Å²) < 4.78 is 1.00. The van der Waals surface area contributed by atoms with Crippen LogP contribution in [0.15, 0.2) is 15.9 Å². The molecule has 1 atom stereocenters. The van der Waals surface area contributed by atoms with Crippen LogP contribution in [-0.4, -0.2) is 35.1 Å². The van der Waals surface area contributed by atoms with Gasteiger partial charge in [-0.15, -0.1) is 11.3 Å². The summed E-state index contributed by atoms with van der Waals surface area (Å²) in [6.07, 6.45) is 1.34. The van der Waals surface area contributed by atoms with Crippen molar-refractivity contribution >= 4 is 39.3 Å². The molecule has 1 unspecified atom stereocenters. The van der Waals surface area contributed by atoms with E-state index in [4.69, 9.17) is 0 Å². The van der Waals surface area contributed by atoms with Crippen LogP contribution < -0.4 is 5.32 Å². The van der Waals surface area contributed by atoms with Crippen molar-refractivity contribution in [2.45, 2.75) is 26.3 Å². The molecule has 0 aliphatic carbocycles. The van der Waals surface area contributed by atoms with Crippen molar-refractivity contribution in [3.05, 3.63) is 20.8 Å². The second kappa shape index (κ2) is 6.13. The van der Waals surface area contributed by atoms with E-state index in [2.05, 4.69) is 21.2 Å². The number of piperidine rings is 1. The summed E-state index contributed by atoms with van der Waals surface area (Å²) >= 11 is 4.94. The Morgan fingerprint density at radius 2 is 2.35 bits per heavy atom. The van der Waals surface area contributed by atoms with E-state index in [1.54, 1.807) is 23.2 Å². The van der Waals surface area contributed by atoms with E-state index in [1.165, 1.54) is 0 Å². The lowest BCUT2D eigenvalue weighted by molar-refractivity contribution is -0.150. The molecule has 0 bridgehead atoms. The fourth-order valence-corrected chi connectivity index (χ4v) is 3.70. The third-order valence-corrected chi connectivity index (χ3v) is 5.23. The van der Waals surface area contributed by atoms with E-state index < -0.39 is 11.4 Å². The fraction of sp³-hybridized carbons (Fsp3) is 0.538. The zero-order chi connectivity index (χ0) is 14.8. The lowest BCUT2D eigenvalue weighted by Crippen LogP contribution is -2.51. The van der Waals surface area contributed by atoms with Crippen molar-refractivity contribution in [3.8, 4) is 0 Å². The molecule has 2 N–H and O–H groups in total. The number of halogens is 1. The van der Waals surface area contributed by atoms with Crippen LogP contribution in [0.1, 0.15) is 24.6 Å². The highest BCUT2D eigenvalue weighted by Gasteiger charge is 2.39. The zero-order valence-electron chi connectivity index (χ0n) is 11.2. The molecule has 0 radical (unpaired) electrons. The molecule has 1 aromatic heterocycles. The number of nitrogens with zero attached hydrogens (tertiary/aromatic N) is 1. The summed E-state index contributed by atoms with van der Waals surface area (Å²) in [5.74, 6) is -0.836. The minimum absolute atomic E-state index is 0.193. The zero-order valence-corrected chi connectivity index (χ0v) is 13.6. The smallest absolute Gasteiger partial charge is 0.317 e. The number of rotatable bonds is 3. The fourth-order valence-electron chi connectivity index (χ4n) is 2.31. The molecule has 1 aromatic rings. The predicted molar refractivity (Wildman–Crippen MR) is 80.8 cm³/mol. The predicted octanol–water partition coefficient (Wildman–Crippen LogP) is 2.91. The summed E-state index contributed by atoms with van der Waals surface area (Å²) in [5, 5.41) is 14.1. The van der Waals surface area contributed by atoms with Crippen LogP contribution in [0.5, 0.6) is 0 Å². The molecule has 110 valence electrons. The Hall–Kier alpha value is -1.08. The molecule has 0 spiro atoms. The molecule has 7 heteroatoms. The second-order valence-corrected chi connectivity index (χ2v) is 7.19. The van der Waals surface area contributed by atoms with E-state index in [0.29, 0.717) is 19.5 Å². The first-order valence-electron chi connectivity index (χ1n) is 6.40. The molecule has 5 nitrogen and oxygen atoms in total. The van der Waals surface area contributed by atoms with Crippen molar-refractivity contribution in [2.75, 3.05) is 13.1 Å². The maximum atomic E-state index is 12.1. The van der Waals surface area contributed by atoms with Crippen LogP contribution in [0.4, 0.5) is 4.79 Å². The Morgan fingerprint density at radius 3 is 2.95 bits per heavy atom. The molecule has 2 rings (SSSR count). The lowest BCUT2D eigenvalue weighted by Gasteiger charge is -2.37. The van der Waals surface area contributed by atoms with Gasteiger partial charge in [-0.2, -0.15) is 0 Å². The number of carbonyl (C=O) groups is 2. The number of hydrogen-bond donors (Lipinski definition) is 2. The van der Waals surface area contributed by atoms with Gasteiger partial charge >= 0.3 is 12.0 Å². The first kappa shape index (κ1) is 15.3. The maximum absolute atomic E-state index is 12.1. The van der Waals surface area contributed by atoms with Crippen molar-refractivity contribution in [1.29, 1.82) is 0 Å². The number of carbonyl (C=O) groups excluding carboxylic acids is 1. The van der Waals surface area contributed by atoms with Crippen LogP contribution in [0, 0.1) is 5.41 Å². The van der Waals surface area contributed by atoms with Gasteiger partial charge in [0, 0.05) is 27.8 Å². The highest BCUT2D eigenvalue weighted by molar-refractivity contribution is 9.10. The van der Waals surface area contributed by atoms with Gasteiger partial charge in [0.05, 0.1) is 12.0 Å². The van der Waals surface area contributed by atoms with E-state index in [0.717, 1.165) is 15.8 Å². The van der Waals surface area contributed by atoms with Gasteiger partial charge in [-0.05, 0) is 41.8 Å². The summed E-state index contributed by atoms with van der Waals surface area (Å²) in [7, 11) is 0. The van der Waals surface area contributed by atoms with Gasteiger partial charge in [-0.25, -0.2) is 4.79 Å². The van der Waals surface area contributed by atoms with Crippen molar-refractivity contribution < 1.29 is 14.7 Å². The number of likely N-dealkylation sites (tertiary alicyclic amines) is 1.